The summed E-state index contributed by atoms with van der Waals surface area (Å²) in [6, 6.07) is 4.89. The first-order chi connectivity index (χ1) is 15.6. The number of nitrogens with one attached hydrogen (secondary N) is 2. The summed E-state index contributed by atoms with van der Waals surface area (Å²) in [6.45, 7) is 2.06. The van der Waals surface area contributed by atoms with Gasteiger partial charge in [0, 0.05) is 11.9 Å². The van der Waals surface area contributed by atoms with Crippen molar-refractivity contribution in [3.8, 4) is 0 Å². The number of nitrogens with zero attached hydrogens (tertiary/aromatic N) is 4. The summed E-state index contributed by atoms with van der Waals surface area (Å²) < 4.78 is 14.1. The summed E-state index contributed by atoms with van der Waals surface area (Å²) in [6.07, 6.45) is 4.22. The Morgan fingerprint density at radius 1 is 1.18 bits per heavy atom. The lowest BCUT2D eigenvalue weighted by Gasteiger charge is -2.56. The maximum absolute atomic E-state index is 14.1. The SMILES string of the molecule is [B]C1([B])Cc2ncc(Nc3ccncc3F)cc2C([B])([B])N1c1nc2c(cc1C)C(=O)NC2. The fourth-order valence-electron chi connectivity index (χ4n) is 4.32. The molecule has 0 unspecified atom stereocenters. The molecule has 7 nitrogen and oxygen atoms in total. The van der Waals surface area contributed by atoms with Crippen LogP contribution in [-0.4, -0.2) is 57.6 Å². The van der Waals surface area contributed by atoms with Gasteiger partial charge in [-0.2, -0.15) is 0 Å². The molecular weight excluding hydrogens is 415 g/mol. The van der Waals surface area contributed by atoms with Crippen LogP contribution in [0.25, 0.3) is 0 Å². The third-order valence-electron chi connectivity index (χ3n) is 5.83. The molecule has 154 valence electrons. The number of carbonyl (C=O) groups is 1. The third-order valence-corrected chi connectivity index (χ3v) is 5.83. The van der Waals surface area contributed by atoms with E-state index in [1.54, 1.807) is 19.1 Å². The van der Waals surface area contributed by atoms with Gasteiger partial charge >= 0.3 is 0 Å². The van der Waals surface area contributed by atoms with Crippen molar-refractivity contribution < 1.29 is 9.18 Å². The number of amides is 1. The Morgan fingerprint density at radius 2 is 1.97 bits per heavy atom. The second-order valence-electron chi connectivity index (χ2n) is 8.33. The first-order valence-corrected chi connectivity index (χ1v) is 10.2. The largest absolute Gasteiger partial charge is 0.375 e. The lowest BCUT2D eigenvalue weighted by molar-refractivity contribution is 0.0965. The average molecular weight is 430 g/mol. The maximum Gasteiger partial charge on any atom is 0.253 e. The molecule has 33 heavy (non-hydrogen) atoms. The van der Waals surface area contributed by atoms with E-state index in [-0.39, 0.29) is 24.6 Å². The Hall–Kier alpha value is -3.29. The highest BCUT2D eigenvalue weighted by molar-refractivity contribution is 6.48. The van der Waals surface area contributed by atoms with E-state index in [0.29, 0.717) is 39.6 Å². The molecule has 0 aromatic carbocycles. The summed E-state index contributed by atoms with van der Waals surface area (Å²) in [5.74, 6) is -0.352. The van der Waals surface area contributed by atoms with Crippen LogP contribution in [0, 0.1) is 12.7 Å². The Labute approximate surface area is 195 Å². The molecule has 5 heterocycles. The highest BCUT2D eigenvalue weighted by Crippen LogP contribution is 2.42. The minimum atomic E-state index is -1.71. The number of halogens is 1. The van der Waals surface area contributed by atoms with Crippen LogP contribution < -0.4 is 15.5 Å². The fraction of sp³-hybridized carbons (Fsp3) is 0.238. The predicted molar refractivity (Wildman–Crippen MR) is 125 cm³/mol. The van der Waals surface area contributed by atoms with Crippen molar-refractivity contribution in [2.75, 3.05) is 10.2 Å². The van der Waals surface area contributed by atoms with Crippen LogP contribution in [0.5, 0.6) is 0 Å². The third kappa shape index (κ3) is 3.48. The van der Waals surface area contributed by atoms with Crippen molar-refractivity contribution in [3.63, 3.8) is 0 Å². The molecule has 0 bridgehead atoms. The lowest BCUT2D eigenvalue weighted by atomic mass is 9.46. The van der Waals surface area contributed by atoms with Gasteiger partial charge in [0.1, 0.15) is 5.82 Å². The number of carbonyl (C=O) groups excluding carboxylic acids is 1. The number of fused-ring (bicyclic) bond motifs is 2. The van der Waals surface area contributed by atoms with E-state index in [4.69, 9.17) is 31.4 Å². The molecule has 0 aliphatic carbocycles. The van der Waals surface area contributed by atoms with Crippen LogP contribution in [0.15, 0.2) is 36.8 Å². The summed E-state index contributed by atoms with van der Waals surface area (Å²) in [7, 11) is 26.2. The van der Waals surface area contributed by atoms with E-state index in [0.717, 1.165) is 6.20 Å². The first-order valence-electron chi connectivity index (χ1n) is 10.2. The molecule has 0 fully saturated rings. The van der Waals surface area contributed by atoms with Gasteiger partial charge in [-0.3, -0.25) is 14.8 Å². The van der Waals surface area contributed by atoms with E-state index in [9.17, 15) is 9.18 Å². The van der Waals surface area contributed by atoms with E-state index in [1.165, 1.54) is 23.4 Å². The lowest BCUT2D eigenvalue weighted by Crippen LogP contribution is -2.66. The van der Waals surface area contributed by atoms with Crippen LogP contribution in [0.1, 0.15) is 32.9 Å². The number of pyridine rings is 3. The zero-order valence-electron chi connectivity index (χ0n) is 17.8. The number of rotatable bonds is 3. The number of aryl methyl sites for hydroxylation is 1. The molecule has 2 aliphatic rings. The molecule has 8 radical (unpaired) electrons. The molecule has 0 saturated heterocycles. The fourth-order valence-corrected chi connectivity index (χ4v) is 4.32. The number of aromatic nitrogens is 3. The van der Waals surface area contributed by atoms with Gasteiger partial charge in [-0.25, -0.2) is 9.37 Å². The minimum Gasteiger partial charge on any atom is -0.375 e. The van der Waals surface area contributed by atoms with Crippen molar-refractivity contribution >= 4 is 54.5 Å². The summed E-state index contributed by atoms with van der Waals surface area (Å²) in [5.41, 5.74) is 3.33. The number of hydrogen-bond donors (Lipinski definition) is 2. The quantitative estimate of drug-likeness (QED) is 0.600. The van der Waals surface area contributed by atoms with Crippen molar-refractivity contribution in [1.82, 2.24) is 20.3 Å². The van der Waals surface area contributed by atoms with Gasteiger partial charge in [-0.15, -0.1) is 0 Å². The number of hydrogen-bond acceptors (Lipinski definition) is 6. The van der Waals surface area contributed by atoms with Crippen LogP contribution >= 0.6 is 0 Å². The van der Waals surface area contributed by atoms with Gasteiger partial charge in [-0.05, 0) is 53.3 Å². The Bertz CT molecular complexity index is 1300. The van der Waals surface area contributed by atoms with E-state index in [1.807, 2.05) is 0 Å². The Morgan fingerprint density at radius 3 is 2.73 bits per heavy atom. The first kappa shape index (κ1) is 21.5. The Kier molecular flexibility index (Phi) is 4.81. The van der Waals surface area contributed by atoms with E-state index < -0.39 is 16.5 Å². The van der Waals surface area contributed by atoms with Gasteiger partial charge in [0.15, 0.2) is 5.82 Å². The summed E-state index contributed by atoms with van der Waals surface area (Å²) >= 11 is 0. The minimum absolute atomic E-state index is 0.123. The predicted octanol–water partition coefficient (Wildman–Crippen LogP) is 0.807. The molecule has 5 rings (SSSR count). The normalized spacial score (nSPS) is 17.8. The highest BCUT2D eigenvalue weighted by Gasteiger charge is 2.45. The van der Waals surface area contributed by atoms with Crippen LogP contribution in [0.4, 0.5) is 21.6 Å². The molecule has 0 saturated carbocycles. The van der Waals surface area contributed by atoms with E-state index >= 15 is 0 Å². The molecule has 0 atom stereocenters. The molecule has 3 aromatic heterocycles. The van der Waals surface area contributed by atoms with Gasteiger partial charge in [-0.1, -0.05) is 0 Å². The zero-order chi connectivity index (χ0) is 23.5. The van der Waals surface area contributed by atoms with Crippen molar-refractivity contribution in [3.05, 3.63) is 70.7 Å². The summed E-state index contributed by atoms with van der Waals surface area (Å²) in [4.78, 5) is 26.3. The summed E-state index contributed by atoms with van der Waals surface area (Å²) in [5, 5.41) is 2.47. The van der Waals surface area contributed by atoms with Gasteiger partial charge in [0.2, 0.25) is 0 Å². The molecule has 1 amide bonds. The molecule has 3 aromatic rings. The van der Waals surface area contributed by atoms with Crippen LogP contribution in [0.3, 0.4) is 0 Å². The van der Waals surface area contributed by atoms with Gasteiger partial charge < -0.3 is 15.5 Å². The van der Waals surface area contributed by atoms with Crippen molar-refractivity contribution in [2.45, 2.75) is 30.6 Å². The van der Waals surface area contributed by atoms with Crippen molar-refractivity contribution in [1.29, 1.82) is 0 Å². The van der Waals surface area contributed by atoms with Crippen LogP contribution in [0.2, 0.25) is 0 Å². The highest BCUT2D eigenvalue weighted by atomic mass is 19.1. The smallest absolute Gasteiger partial charge is 0.253 e. The molecule has 12 heteroatoms. The molecule has 0 spiro atoms. The Balaban J connectivity index is 1.60. The molecular formula is C21H15B4FN6O. The average Bonchev–Trinajstić information content (AvgIpc) is 3.09. The van der Waals surface area contributed by atoms with Gasteiger partial charge in [0.05, 0.1) is 73.0 Å². The van der Waals surface area contributed by atoms with Crippen molar-refractivity contribution in [2.24, 2.45) is 0 Å². The topological polar surface area (TPSA) is 83.0 Å². The second kappa shape index (κ2) is 7.36. The monoisotopic (exact) mass is 430 g/mol. The van der Waals surface area contributed by atoms with Crippen LogP contribution in [-0.2, 0) is 18.3 Å². The van der Waals surface area contributed by atoms with E-state index in [2.05, 4.69) is 25.6 Å². The number of anilines is 3. The standard InChI is InChI=1S/C21H15B4FN6O/c1-10-4-12-17(9-29-19(12)33)31-18(10)32-20(22,23)6-16-13(21(32,24)25)5-11(7-28-16)30-15-2-3-27-8-14(15)26/h2-5,7-8H,6,9H2,1H3,(H,27,30)(H,29,33). The molecule has 2 aliphatic heterocycles. The maximum atomic E-state index is 14.1. The second-order valence-corrected chi connectivity index (χ2v) is 8.33. The zero-order valence-corrected chi connectivity index (χ0v) is 17.8. The molecule has 2 N–H and O–H groups in total. The van der Waals surface area contributed by atoms with Gasteiger partial charge in [0.25, 0.3) is 5.91 Å².